The van der Waals surface area contributed by atoms with Gasteiger partial charge in [-0.3, -0.25) is 9.48 Å². The first-order valence-electron chi connectivity index (χ1n) is 11.1. The molecule has 0 spiro atoms. The van der Waals surface area contributed by atoms with E-state index in [1.54, 1.807) is 29.9 Å². The quantitative estimate of drug-likeness (QED) is 0.563. The molecule has 1 fully saturated rings. The van der Waals surface area contributed by atoms with Gasteiger partial charge in [-0.05, 0) is 73.9 Å². The van der Waals surface area contributed by atoms with Gasteiger partial charge in [0.25, 0.3) is 5.91 Å². The lowest BCUT2D eigenvalue weighted by molar-refractivity contribution is -0.141. The lowest BCUT2D eigenvalue weighted by atomic mass is 9.87. The summed E-state index contributed by atoms with van der Waals surface area (Å²) in [5, 5.41) is 14.7. The summed E-state index contributed by atoms with van der Waals surface area (Å²) in [6.45, 7) is 5.81. The van der Waals surface area contributed by atoms with Crippen molar-refractivity contribution in [3.05, 3.63) is 54.0 Å². The van der Waals surface area contributed by atoms with Crippen molar-refractivity contribution in [1.82, 2.24) is 14.8 Å². The predicted octanol–water partition coefficient (Wildman–Crippen LogP) is 4.97. The topological polar surface area (TPSA) is 94.0 Å². The monoisotopic (exact) mass is 459 g/mol. The summed E-state index contributed by atoms with van der Waals surface area (Å²) in [6, 6.07) is 4.51. The number of alkyl halides is 3. The van der Waals surface area contributed by atoms with Crippen molar-refractivity contribution in [3.8, 4) is 11.1 Å². The Morgan fingerprint density at radius 1 is 1.27 bits per heavy atom. The molecule has 0 bridgehead atoms. The van der Waals surface area contributed by atoms with E-state index in [0.29, 0.717) is 40.4 Å². The average molecular weight is 459 g/mol. The number of pyridine rings is 1. The number of allylic oxidation sites excluding steroid dienone is 1. The van der Waals surface area contributed by atoms with Crippen LogP contribution >= 0.6 is 0 Å². The van der Waals surface area contributed by atoms with Crippen molar-refractivity contribution < 1.29 is 24.4 Å². The molecule has 9 heteroatoms. The summed E-state index contributed by atoms with van der Waals surface area (Å²) in [5.41, 5.74) is 6.13. The van der Waals surface area contributed by atoms with Crippen LogP contribution in [0.25, 0.3) is 27.6 Å². The van der Waals surface area contributed by atoms with E-state index in [1.165, 1.54) is 6.07 Å². The number of nitrogens with two attached hydrogens (primary N) is 1. The van der Waals surface area contributed by atoms with Gasteiger partial charge < -0.3 is 10.8 Å². The second-order valence-electron chi connectivity index (χ2n) is 8.46. The van der Waals surface area contributed by atoms with Crippen LogP contribution < -0.4 is 5.73 Å². The first-order valence-corrected chi connectivity index (χ1v) is 10.6. The standard InChI is InChI=1S/C24H25F3N4O2/c1-13(2)18-10-20-15(11-31(30-20)16-5-3-14(12-32)4-6-16)9-19(18)17-7-8-21(24(25,26)27)29-22(17)23(28)33/h7-11,14,16,32H,1,3-6,12H2,2H3,(H2,28,33)/i16D. The molecule has 33 heavy (non-hydrogen) atoms. The Balaban J connectivity index is 1.85. The Bertz CT molecular complexity index is 1280. The van der Waals surface area contributed by atoms with Crippen LogP contribution in [0, 0.1) is 5.92 Å². The Hall–Kier alpha value is -3.20. The fourth-order valence-corrected chi connectivity index (χ4v) is 4.25. The molecule has 0 aliphatic heterocycles. The summed E-state index contributed by atoms with van der Waals surface area (Å²) < 4.78 is 50.0. The minimum Gasteiger partial charge on any atom is -0.396 e. The van der Waals surface area contributed by atoms with Crippen molar-refractivity contribution >= 4 is 22.4 Å². The number of carbonyl (C=O) groups is 1. The summed E-state index contributed by atoms with van der Waals surface area (Å²) in [5.74, 6) is -0.889. The summed E-state index contributed by atoms with van der Waals surface area (Å²) in [7, 11) is 0. The van der Waals surface area contributed by atoms with Crippen LogP contribution in [0.15, 0.2) is 37.0 Å². The van der Waals surface area contributed by atoms with Gasteiger partial charge >= 0.3 is 6.18 Å². The van der Waals surface area contributed by atoms with E-state index < -0.39 is 29.5 Å². The molecular formula is C24H25F3N4O2. The Morgan fingerprint density at radius 3 is 2.55 bits per heavy atom. The zero-order valence-electron chi connectivity index (χ0n) is 19.1. The molecule has 1 aliphatic carbocycles. The van der Waals surface area contributed by atoms with Crippen molar-refractivity contribution in [1.29, 1.82) is 0 Å². The van der Waals surface area contributed by atoms with E-state index in [9.17, 15) is 23.1 Å². The number of hydrogen-bond donors (Lipinski definition) is 2. The molecular weight excluding hydrogens is 433 g/mol. The third kappa shape index (κ3) is 4.50. The molecule has 3 aromatic rings. The minimum absolute atomic E-state index is 0.103. The molecule has 0 radical (unpaired) electrons. The molecule has 2 aromatic heterocycles. The van der Waals surface area contributed by atoms with Crippen LogP contribution in [0.4, 0.5) is 13.2 Å². The van der Waals surface area contributed by atoms with Crippen LogP contribution in [0.1, 0.15) is 61.7 Å². The number of benzene rings is 1. The van der Waals surface area contributed by atoms with Gasteiger partial charge in [-0.25, -0.2) is 4.98 Å². The van der Waals surface area contributed by atoms with Crippen LogP contribution in [0.3, 0.4) is 0 Å². The molecule has 1 aliphatic rings. The van der Waals surface area contributed by atoms with Gasteiger partial charge in [-0.1, -0.05) is 12.2 Å². The second-order valence-corrected chi connectivity index (χ2v) is 8.46. The highest BCUT2D eigenvalue weighted by Crippen LogP contribution is 2.37. The summed E-state index contributed by atoms with van der Waals surface area (Å²) in [4.78, 5) is 15.5. The molecule has 2 heterocycles. The van der Waals surface area contributed by atoms with Gasteiger partial charge in [0.1, 0.15) is 11.4 Å². The maximum Gasteiger partial charge on any atom is 0.433 e. The summed E-state index contributed by atoms with van der Waals surface area (Å²) in [6.07, 6.45) is -0.464. The predicted molar refractivity (Wildman–Crippen MR) is 119 cm³/mol. The van der Waals surface area contributed by atoms with Gasteiger partial charge in [0.05, 0.1) is 12.9 Å². The largest absolute Gasteiger partial charge is 0.433 e. The maximum atomic E-state index is 13.2. The molecule has 4 rings (SSSR count). The number of amides is 1. The Labute approximate surface area is 190 Å². The molecule has 1 saturated carbocycles. The molecule has 0 unspecified atom stereocenters. The zero-order valence-corrected chi connectivity index (χ0v) is 18.1. The van der Waals surface area contributed by atoms with E-state index in [4.69, 9.17) is 7.10 Å². The van der Waals surface area contributed by atoms with Crippen LogP contribution in [-0.4, -0.2) is 32.4 Å². The Morgan fingerprint density at radius 2 is 1.97 bits per heavy atom. The van der Waals surface area contributed by atoms with Crippen LogP contribution in [-0.2, 0) is 6.18 Å². The third-order valence-electron chi connectivity index (χ3n) is 6.08. The number of hydrogen-bond acceptors (Lipinski definition) is 4. The maximum absolute atomic E-state index is 13.2. The number of rotatable bonds is 5. The number of primary amides is 1. The number of carbonyl (C=O) groups excluding carboxylic acids is 1. The number of aromatic nitrogens is 3. The van der Waals surface area contributed by atoms with Gasteiger partial charge in [-0.2, -0.15) is 18.3 Å². The van der Waals surface area contributed by atoms with E-state index in [2.05, 4.69) is 16.7 Å². The van der Waals surface area contributed by atoms with Gasteiger partial charge in [0, 0.05) is 23.8 Å². The average Bonchev–Trinajstić information content (AvgIpc) is 3.22. The lowest BCUT2D eigenvalue weighted by Gasteiger charge is -2.27. The van der Waals surface area contributed by atoms with Crippen LogP contribution in [0.5, 0.6) is 0 Å². The fraction of sp³-hybridized carbons (Fsp3) is 0.375. The first kappa shape index (κ1) is 21.6. The van der Waals surface area contributed by atoms with Crippen molar-refractivity contribution in [2.45, 2.75) is 44.8 Å². The van der Waals surface area contributed by atoms with Gasteiger partial charge in [0.15, 0.2) is 0 Å². The normalized spacial score (nSPS) is 21.7. The first-order chi connectivity index (χ1) is 15.9. The molecule has 0 atom stereocenters. The van der Waals surface area contributed by atoms with E-state index >= 15 is 0 Å². The third-order valence-corrected chi connectivity index (χ3v) is 6.08. The van der Waals surface area contributed by atoms with E-state index in [0.717, 1.165) is 18.9 Å². The summed E-state index contributed by atoms with van der Waals surface area (Å²) >= 11 is 0. The van der Waals surface area contributed by atoms with Gasteiger partial charge in [-0.15, -0.1) is 0 Å². The highest BCUT2D eigenvalue weighted by Gasteiger charge is 2.34. The highest BCUT2D eigenvalue weighted by atomic mass is 19.4. The molecule has 174 valence electrons. The molecule has 3 N–H and O–H groups in total. The van der Waals surface area contributed by atoms with Crippen LogP contribution in [0.2, 0.25) is 0 Å². The number of aliphatic hydroxyl groups is 1. The van der Waals surface area contributed by atoms with E-state index in [-0.39, 0.29) is 18.1 Å². The fourth-order valence-electron chi connectivity index (χ4n) is 4.25. The number of halogens is 3. The van der Waals surface area contributed by atoms with Gasteiger partial charge in [0.2, 0.25) is 0 Å². The molecule has 1 amide bonds. The minimum atomic E-state index is -4.72. The van der Waals surface area contributed by atoms with E-state index in [1.807, 2.05) is 0 Å². The van der Waals surface area contributed by atoms with Crippen molar-refractivity contribution in [2.24, 2.45) is 11.7 Å². The van der Waals surface area contributed by atoms with Crippen molar-refractivity contribution in [2.75, 3.05) is 6.61 Å². The zero-order chi connectivity index (χ0) is 24.8. The SMILES string of the molecule is [2H]C1(n2cc3cc(-c4ccc(C(F)(F)F)nc4C(N)=O)c(C(=C)C)cc3n2)CCC(CO)CC1. The second kappa shape index (κ2) is 8.62. The number of nitrogens with zero attached hydrogens (tertiary/aromatic N) is 3. The smallest absolute Gasteiger partial charge is 0.396 e. The highest BCUT2D eigenvalue weighted by molar-refractivity contribution is 6.01. The number of aliphatic hydroxyl groups excluding tert-OH is 1. The van der Waals surface area contributed by atoms with Crippen molar-refractivity contribution in [3.63, 3.8) is 0 Å². The Kier molecular flexibility index (Phi) is 5.65. The molecule has 6 nitrogen and oxygen atoms in total. The molecule has 1 aromatic carbocycles. The number of fused-ring (bicyclic) bond motifs is 1. The molecule has 0 saturated heterocycles. The lowest BCUT2D eigenvalue weighted by Crippen LogP contribution is -2.20.